The van der Waals surface area contributed by atoms with Crippen molar-refractivity contribution in [1.82, 2.24) is 25.4 Å². The van der Waals surface area contributed by atoms with Crippen LogP contribution in [0.2, 0.25) is 0 Å². The Kier molecular flexibility index (Phi) is 4.90. The minimum absolute atomic E-state index is 0.0723. The van der Waals surface area contributed by atoms with Crippen LogP contribution in [-0.2, 0) is 11.2 Å². The fourth-order valence-corrected chi connectivity index (χ4v) is 2.23. The zero-order chi connectivity index (χ0) is 16.8. The summed E-state index contributed by atoms with van der Waals surface area (Å²) in [6, 6.07) is 9.15. The summed E-state index contributed by atoms with van der Waals surface area (Å²) in [5.74, 6) is 0.774. The first-order valence-corrected chi connectivity index (χ1v) is 7.65. The van der Waals surface area contributed by atoms with E-state index in [0.29, 0.717) is 23.8 Å². The van der Waals surface area contributed by atoms with Crippen molar-refractivity contribution in [2.75, 3.05) is 0 Å². The van der Waals surface area contributed by atoms with Crippen LogP contribution in [0.3, 0.4) is 0 Å². The van der Waals surface area contributed by atoms with Gasteiger partial charge in [0, 0.05) is 31.4 Å². The molecule has 0 aliphatic carbocycles. The highest BCUT2D eigenvalue weighted by molar-refractivity contribution is 5.76. The highest BCUT2D eigenvalue weighted by Gasteiger charge is 2.13. The topological polar surface area (TPSA) is 93.8 Å². The number of carbonyl (C=O) groups excluding carboxylic acids is 1. The quantitative estimate of drug-likeness (QED) is 0.748. The molecule has 1 unspecified atom stereocenters. The lowest BCUT2D eigenvalue weighted by Gasteiger charge is -2.13. The number of nitrogens with one attached hydrogen (secondary N) is 1. The summed E-state index contributed by atoms with van der Waals surface area (Å²) in [6.45, 7) is 1.93. The van der Waals surface area contributed by atoms with E-state index in [9.17, 15) is 4.79 Å². The van der Waals surface area contributed by atoms with E-state index in [1.165, 1.54) is 0 Å². The average Bonchev–Trinajstić information content (AvgIpc) is 3.10. The number of aromatic nitrogens is 4. The van der Waals surface area contributed by atoms with Gasteiger partial charge in [-0.25, -0.2) is 0 Å². The molecule has 1 atom stereocenters. The first-order chi connectivity index (χ1) is 11.7. The minimum atomic E-state index is -0.0766. The second-order valence-electron chi connectivity index (χ2n) is 5.30. The second kappa shape index (κ2) is 7.45. The predicted molar refractivity (Wildman–Crippen MR) is 86.6 cm³/mol. The maximum absolute atomic E-state index is 12.0. The molecule has 3 rings (SSSR count). The number of nitrogens with zero attached hydrogens (tertiary/aromatic N) is 4. The molecule has 0 bridgehead atoms. The van der Waals surface area contributed by atoms with Crippen LogP contribution in [-0.4, -0.2) is 26.0 Å². The Morgan fingerprint density at radius 1 is 1.21 bits per heavy atom. The summed E-state index contributed by atoms with van der Waals surface area (Å²) < 4.78 is 5.17. The van der Waals surface area contributed by atoms with E-state index in [0.717, 1.165) is 5.56 Å². The lowest BCUT2D eigenvalue weighted by atomic mass is 10.1. The molecule has 3 aromatic heterocycles. The molecule has 1 amide bonds. The molecule has 7 nitrogen and oxygen atoms in total. The van der Waals surface area contributed by atoms with E-state index in [2.05, 4.69) is 25.4 Å². The molecule has 0 saturated carbocycles. The van der Waals surface area contributed by atoms with Crippen LogP contribution in [0.5, 0.6) is 0 Å². The number of amides is 1. The summed E-state index contributed by atoms with van der Waals surface area (Å²) >= 11 is 0. The van der Waals surface area contributed by atoms with Gasteiger partial charge in [0.2, 0.25) is 17.6 Å². The van der Waals surface area contributed by atoms with Crippen molar-refractivity contribution >= 4 is 5.91 Å². The molecule has 3 heterocycles. The van der Waals surface area contributed by atoms with Gasteiger partial charge in [-0.3, -0.25) is 14.8 Å². The second-order valence-corrected chi connectivity index (χ2v) is 5.30. The highest BCUT2D eigenvalue weighted by atomic mass is 16.5. The minimum Gasteiger partial charge on any atom is -0.350 e. The molecular formula is C17H17N5O2. The standard InChI is InChI=1S/C17H17N5O2/c1-12(13-7-10-18-11-8-13)20-15(23)5-6-16-21-17(22-24-16)14-4-2-3-9-19-14/h2-4,7-12H,5-6H2,1H3,(H,20,23). The lowest BCUT2D eigenvalue weighted by Crippen LogP contribution is -2.26. The summed E-state index contributed by atoms with van der Waals surface area (Å²) in [6.07, 6.45) is 5.73. The van der Waals surface area contributed by atoms with Crippen LogP contribution >= 0.6 is 0 Å². The van der Waals surface area contributed by atoms with Crippen molar-refractivity contribution in [2.45, 2.75) is 25.8 Å². The van der Waals surface area contributed by atoms with Gasteiger partial charge in [-0.1, -0.05) is 11.2 Å². The Bertz CT molecular complexity index is 789. The van der Waals surface area contributed by atoms with Crippen molar-refractivity contribution in [3.8, 4) is 11.5 Å². The van der Waals surface area contributed by atoms with E-state index < -0.39 is 0 Å². The summed E-state index contributed by atoms with van der Waals surface area (Å²) in [5, 5.41) is 6.82. The first-order valence-electron chi connectivity index (χ1n) is 7.65. The highest BCUT2D eigenvalue weighted by Crippen LogP contribution is 2.13. The van der Waals surface area contributed by atoms with Gasteiger partial charge in [0.25, 0.3) is 0 Å². The van der Waals surface area contributed by atoms with Gasteiger partial charge in [-0.2, -0.15) is 4.98 Å². The molecule has 0 saturated heterocycles. The maximum Gasteiger partial charge on any atom is 0.227 e. The van der Waals surface area contributed by atoms with Crippen molar-refractivity contribution in [2.24, 2.45) is 0 Å². The van der Waals surface area contributed by atoms with Gasteiger partial charge in [0.15, 0.2) is 0 Å². The van der Waals surface area contributed by atoms with Gasteiger partial charge in [0.05, 0.1) is 6.04 Å². The molecule has 1 N–H and O–H groups in total. The molecule has 0 aliphatic rings. The molecule has 24 heavy (non-hydrogen) atoms. The fraction of sp³-hybridized carbons (Fsp3) is 0.235. The van der Waals surface area contributed by atoms with E-state index in [-0.39, 0.29) is 18.4 Å². The van der Waals surface area contributed by atoms with Crippen molar-refractivity contribution in [3.05, 3.63) is 60.4 Å². The molecule has 122 valence electrons. The third-order valence-corrected chi connectivity index (χ3v) is 3.51. The number of hydrogen-bond acceptors (Lipinski definition) is 6. The summed E-state index contributed by atoms with van der Waals surface area (Å²) in [7, 11) is 0. The van der Waals surface area contributed by atoms with Gasteiger partial charge < -0.3 is 9.84 Å². The van der Waals surface area contributed by atoms with Gasteiger partial charge in [0.1, 0.15) is 5.69 Å². The van der Waals surface area contributed by atoms with Crippen molar-refractivity contribution < 1.29 is 9.32 Å². The number of aryl methyl sites for hydroxylation is 1. The number of hydrogen-bond donors (Lipinski definition) is 1. The SMILES string of the molecule is CC(NC(=O)CCc1nc(-c2ccccn2)no1)c1ccncc1. The van der Waals surface area contributed by atoms with E-state index >= 15 is 0 Å². The molecule has 0 aliphatic heterocycles. The van der Waals surface area contributed by atoms with Crippen LogP contribution in [0.1, 0.15) is 30.8 Å². The predicted octanol–water partition coefficient (Wildman–Crippen LogP) is 2.34. The van der Waals surface area contributed by atoms with Crippen LogP contribution in [0.4, 0.5) is 0 Å². The molecule has 0 fully saturated rings. The summed E-state index contributed by atoms with van der Waals surface area (Å²) in [5.41, 5.74) is 1.65. The molecule has 0 radical (unpaired) electrons. The third kappa shape index (κ3) is 4.01. The monoisotopic (exact) mass is 323 g/mol. The number of pyridine rings is 2. The Hall–Kier alpha value is -3.09. The van der Waals surface area contributed by atoms with Crippen molar-refractivity contribution in [1.29, 1.82) is 0 Å². The van der Waals surface area contributed by atoms with E-state index in [1.54, 1.807) is 24.7 Å². The Balaban J connectivity index is 1.53. The van der Waals surface area contributed by atoms with Gasteiger partial charge in [-0.15, -0.1) is 0 Å². The summed E-state index contributed by atoms with van der Waals surface area (Å²) in [4.78, 5) is 24.4. The van der Waals surface area contributed by atoms with E-state index in [1.807, 2.05) is 31.2 Å². The normalized spacial score (nSPS) is 11.9. The molecule has 3 aromatic rings. The maximum atomic E-state index is 12.0. The smallest absolute Gasteiger partial charge is 0.227 e. The van der Waals surface area contributed by atoms with Crippen LogP contribution in [0, 0.1) is 0 Å². The number of carbonyl (C=O) groups is 1. The Morgan fingerprint density at radius 3 is 2.79 bits per heavy atom. The average molecular weight is 323 g/mol. The lowest BCUT2D eigenvalue weighted by molar-refractivity contribution is -0.121. The first kappa shape index (κ1) is 15.8. The fourth-order valence-electron chi connectivity index (χ4n) is 2.23. The largest absolute Gasteiger partial charge is 0.350 e. The molecule has 0 aromatic carbocycles. The van der Waals surface area contributed by atoms with Crippen LogP contribution in [0.15, 0.2) is 53.4 Å². The van der Waals surface area contributed by atoms with Crippen LogP contribution in [0.25, 0.3) is 11.5 Å². The zero-order valence-electron chi connectivity index (χ0n) is 13.2. The zero-order valence-corrected chi connectivity index (χ0v) is 13.2. The van der Waals surface area contributed by atoms with Gasteiger partial charge in [-0.05, 0) is 36.8 Å². The molecular weight excluding hydrogens is 306 g/mol. The molecule has 0 spiro atoms. The molecule has 7 heteroatoms. The Labute approximate surface area is 139 Å². The van der Waals surface area contributed by atoms with Gasteiger partial charge >= 0.3 is 0 Å². The van der Waals surface area contributed by atoms with Crippen molar-refractivity contribution in [3.63, 3.8) is 0 Å². The Morgan fingerprint density at radius 2 is 2.04 bits per heavy atom. The number of rotatable bonds is 6. The third-order valence-electron chi connectivity index (χ3n) is 3.51. The van der Waals surface area contributed by atoms with Crippen LogP contribution < -0.4 is 5.32 Å². The van der Waals surface area contributed by atoms with E-state index in [4.69, 9.17) is 4.52 Å².